The maximum Gasteiger partial charge on any atom is 0.126 e. The molecule has 0 N–H and O–H groups in total. The second kappa shape index (κ2) is 4.08. The van der Waals surface area contributed by atoms with E-state index in [1.807, 2.05) is 0 Å². The van der Waals surface area contributed by atoms with Crippen LogP contribution in [0.3, 0.4) is 0 Å². The number of rotatable bonds is 0. The molecule has 96 valence electrons. The molecule has 0 bridgehead atoms. The van der Waals surface area contributed by atoms with Gasteiger partial charge in [0.2, 0.25) is 0 Å². The molecule has 0 spiro atoms. The molecule has 4 rings (SSSR count). The van der Waals surface area contributed by atoms with Crippen LogP contribution in [0.25, 0.3) is 20.4 Å². The van der Waals surface area contributed by atoms with E-state index < -0.39 is 0 Å². The third-order valence-corrected chi connectivity index (χ3v) is 5.41. The third kappa shape index (κ3) is 1.58. The van der Waals surface area contributed by atoms with Crippen molar-refractivity contribution in [1.29, 1.82) is 0 Å². The van der Waals surface area contributed by atoms with Gasteiger partial charge in [-0.25, -0.2) is 9.97 Å². The highest BCUT2D eigenvalue weighted by Gasteiger charge is 2.20. The van der Waals surface area contributed by atoms with E-state index in [4.69, 9.17) is 17.6 Å². The van der Waals surface area contributed by atoms with Crippen LogP contribution in [0.1, 0.15) is 29.7 Å². The van der Waals surface area contributed by atoms with Crippen LogP contribution < -0.4 is 0 Å². The lowest BCUT2D eigenvalue weighted by molar-refractivity contribution is 0.683. The Kier molecular flexibility index (Phi) is 2.47. The monoisotopic (exact) mass is 286 g/mol. The van der Waals surface area contributed by atoms with Crippen LogP contribution in [0, 0.1) is 6.92 Å². The summed E-state index contributed by atoms with van der Waals surface area (Å²) in [6.45, 7) is 2.12. The lowest BCUT2D eigenvalue weighted by Crippen LogP contribution is -2.06. The average molecular weight is 286 g/mol. The first-order chi connectivity index (χ1) is 9.25. The molecule has 1 aliphatic rings. The Morgan fingerprint density at radius 2 is 1.95 bits per heavy atom. The summed E-state index contributed by atoms with van der Waals surface area (Å²) in [6.07, 6.45) is 6.38. The summed E-state index contributed by atoms with van der Waals surface area (Å²) < 4.78 is 1.01. The van der Waals surface area contributed by atoms with E-state index >= 15 is 0 Å². The van der Waals surface area contributed by atoms with E-state index in [0.29, 0.717) is 5.03 Å². The SMILES string of the molecule is Cc1nc2sc3c([S-])ncnc3c2c2c1CCCC2. The van der Waals surface area contributed by atoms with Gasteiger partial charge < -0.3 is 12.6 Å². The quantitative estimate of drug-likeness (QED) is 0.469. The number of nitrogens with zero attached hydrogens (tertiary/aromatic N) is 3. The zero-order chi connectivity index (χ0) is 13.0. The molecule has 19 heavy (non-hydrogen) atoms. The van der Waals surface area contributed by atoms with E-state index in [9.17, 15) is 0 Å². The Bertz CT molecular complexity index is 807. The molecular weight excluding hydrogens is 274 g/mol. The predicted octanol–water partition coefficient (Wildman–Crippen LogP) is 3.33. The molecule has 0 saturated heterocycles. The molecule has 3 aromatic rings. The van der Waals surface area contributed by atoms with Gasteiger partial charge in [-0.15, -0.1) is 11.3 Å². The summed E-state index contributed by atoms with van der Waals surface area (Å²) in [5.74, 6) is 0. The van der Waals surface area contributed by atoms with E-state index in [1.165, 1.54) is 35.0 Å². The van der Waals surface area contributed by atoms with E-state index in [1.54, 1.807) is 17.7 Å². The van der Waals surface area contributed by atoms with Crippen LogP contribution >= 0.6 is 11.3 Å². The first kappa shape index (κ1) is 11.5. The summed E-state index contributed by atoms with van der Waals surface area (Å²) in [5, 5.41) is 1.88. The molecule has 0 aromatic carbocycles. The van der Waals surface area contributed by atoms with Gasteiger partial charge in [-0.1, -0.05) is 5.03 Å². The van der Waals surface area contributed by atoms with Gasteiger partial charge in [0.1, 0.15) is 11.2 Å². The zero-order valence-electron chi connectivity index (χ0n) is 10.6. The van der Waals surface area contributed by atoms with Crippen molar-refractivity contribution in [2.45, 2.75) is 37.6 Å². The van der Waals surface area contributed by atoms with Gasteiger partial charge in [0.25, 0.3) is 0 Å². The van der Waals surface area contributed by atoms with Crippen LogP contribution in [0.2, 0.25) is 0 Å². The molecule has 3 aromatic heterocycles. The Morgan fingerprint density at radius 3 is 2.79 bits per heavy atom. The average Bonchev–Trinajstić information content (AvgIpc) is 2.79. The Balaban J connectivity index is 2.22. The predicted molar refractivity (Wildman–Crippen MR) is 79.7 cm³/mol. The number of thiophene rings is 1. The Morgan fingerprint density at radius 1 is 1.16 bits per heavy atom. The fourth-order valence-electron chi connectivity index (χ4n) is 3.03. The third-order valence-electron chi connectivity index (χ3n) is 3.90. The minimum Gasteiger partial charge on any atom is -0.759 e. The highest BCUT2D eigenvalue weighted by molar-refractivity contribution is 7.59. The van der Waals surface area contributed by atoms with E-state index in [0.717, 1.165) is 27.9 Å². The van der Waals surface area contributed by atoms with Crippen molar-refractivity contribution < 1.29 is 0 Å². The summed E-state index contributed by atoms with van der Waals surface area (Å²) >= 11 is 6.95. The van der Waals surface area contributed by atoms with Crippen LogP contribution in [-0.2, 0) is 25.5 Å². The van der Waals surface area contributed by atoms with Crippen molar-refractivity contribution in [2.24, 2.45) is 0 Å². The number of aromatic nitrogens is 3. The molecule has 0 aliphatic heterocycles. The van der Waals surface area contributed by atoms with Gasteiger partial charge >= 0.3 is 0 Å². The molecule has 0 radical (unpaired) electrons. The van der Waals surface area contributed by atoms with Gasteiger partial charge in [0, 0.05) is 11.1 Å². The molecule has 3 heterocycles. The minimum absolute atomic E-state index is 0.648. The lowest BCUT2D eigenvalue weighted by Gasteiger charge is -2.18. The highest BCUT2D eigenvalue weighted by atomic mass is 32.1. The second-order valence-corrected chi connectivity index (χ2v) is 6.39. The Labute approximate surface area is 120 Å². The molecule has 3 nitrogen and oxygen atoms in total. The van der Waals surface area contributed by atoms with Crippen molar-refractivity contribution in [3.8, 4) is 0 Å². The molecule has 0 atom stereocenters. The first-order valence-electron chi connectivity index (χ1n) is 6.48. The topological polar surface area (TPSA) is 38.7 Å². The molecule has 0 amide bonds. The lowest BCUT2D eigenvalue weighted by atomic mass is 9.89. The standard InChI is InChI=1S/C14H13N3S2/c1-7-8-4-2-3-5-9(8)10-11-12(19-14(10)17-7)13(18)16-6-15-11/h6H,2-5H2,1H3,(H,15,16,18)/p-1. The van der Waals surface area contributed by atoms with Crippen molar-refractivity contribution in [3.63, 3.8) is 0 Å². The molecule has 0 fully saturated rings. The number of pyridine rings is 1. The van der Waals surface area contributed by atoms with Crippen molar-refractivity contribution in [3.05, 3.63) is 23.1 Å². The Hall–Kier alpha value is -1.33. The smallest absolute Gasteiger partial charge is 0.126 e. The maximum atomic E-state index is 5.31. The van der Waals surface area contributed by atoms with E-state index in [2.05, 4.69) is 16.9 Å². The largest absolute Gasteiger partial charge is 0.759 e. The van der Waals surface area contributed by atoms with Gasteiger partial charge in [-0.3, -0.25) is 4.98 Å². The fourth-order valence-corrected chi connectivity index (χ4v) is 4.39. The highest BCUT2D eigenvalue weighted by Crippen LogP contribution is 2.39. The number of aryl methyl sites for hydroxylation is 2. The van der Waals surface area contributed by atoms with Crippen LogP contribution in [-0.4, -0.2) is 15.0 Å². The number of hydrogen-bond donors (Lipinski definition) is 0. The van der Waals surface area contributed by atoms with Gasteiger partial charge in [-0.05, 0) is 43.7 Å². The van der Waals surface area contributed by atoms with Crippen LogP contribution in [0.15, 0.2) is 11.4 Å². The molecule has 0 saturated carbocycles. The summed E-state index contributed by atoms with van der Waals surface area (Å²) in [4.78, 5) is 14.4. The number of hydrogen-bond acceptors (Lipinski definition) is 5. The van der Waals surface area contributed by atoms with Crippen LogP contribution in [0.4, 0.5) is 0 Å². The zero-order valence-corrected chi connectivity index (χ0v) is 12.2. The molecule has 0 unspecified atom stereocenters. The summed E-state index contributed by atoms with van der Waals surface area (Å²) in [6, 6.07) is 0. The summed E-state index contributed by atoms with van der Waals surface area (Å²) in [7, 11) is 0. The first-order valence-corrected chi connectivity index (χ1v) is 7.71. The van der Waals surface area contributed by atoms with Crippen molar-refractivity contribution >= 4 is 44.4 Å². The van der Waals surface area contributed by atoms with E-state index in [-0.39, 0.29) is 0 Å². The van der Waals surface area contributed by atoms with Gasteiger partial charge in [0.15, 0.2) is 0 Å². The fraction of sp³-hybridized carbons (Fsp3) is 0.357. The normalized spacial score (nSPS) is 15.0. The van der Waals surface area contributed by atoms with Crippen molar-refractivity contribution in [2.75, 3.05) is 0 Å². The van der Waals surface area contributed by atoms with Crippen molar-refractivity contribution in [1.82, 2.24) is 15.0 Å². The number of fused-ring (bicyclic) bond motifs is 5. The molecular formula is C14H12N3S2-. The summed E-state index contributed by atoms with van der Waals surface area (Å²) in [5.41, 5.74) is 5.06. The van der Waals surface area contributed by atoms with Crippen LogP contribution in [0.5, 0.6) is 0 Å². The van der Waals surface area contributed by atoms with Gasteiger partial charge in [-0.2, -0.15) is 0 Å². The maximum absolute atomic E-state index is 5.31. The second-order valence-electron chi connectivity index (χ2n) is 5.00. The molecule has 5 heteroatoms. The van der Waals surface area contributed by atoms with Gasteiger partial charge in [0.05, 0.1) is 10.2 Å². The minimum atomic E-state index is 0.648. The molecule has 1 aliphatic carbocycles.